The van der Waals surface area contributed by atoms with E-state index in [0.29, 0.717) is 28.7 Å². The van der Waals surface area contributed by atoms with E-state index in [2.05, 4.69) is 10.9 Å². The summed E-state index contributed by atoms with van der Waals surface area (Å²) in [5.41, 5.74) is 11.2. The Morgan fingerprint density at radius 2 is 1.26 bits per heavy atom. The summed E-state index contributed by atoms with van der Waals surface area (Å²) in [5, 5.41) is 0. The number of methoxy groups -OCH3 is 4. The van der Waals surface area contributed by atoms with Crippen LogP contribution in [0.2, 0.25) is 0 Å². The molecule has 0 aliphatic heterocycles. The minimum Gasteiger partial charge on any atom is -0.495 e. The summed E-state index contributed by atoms with van der Waals surface area (Å²) < 4.78 is 20.6. The van der Waals surface area contributed by atoms with E-state index in [1.54, 1.807) is 6.07 Å². The van der Waals surface area contributed by atoms with Gasteiger partial charge in [0, 0.05) is 11.1 Å². The normalized spacial score (nSPS) is 9.93. The second-order valence-electron chi connectivity index (χ2n) is 5.28. The van der Waals surface area contributed by atoms with E-state index in [1.165, 1.54) is 52.7 Å². The van der Waals surface area contributed by atoms with E-state index in [-0.39, 0.29) is 11.1 Å². The van der Waals surface area contributed by atoms with Crippen molar-refractivity contribution in [2.45, 2.75) is 0 Å². The molecule has 27 heavy (non-hydrogen) atoms. The smallest absolute Gasteiger partial charge is 0.269 e. The third-order valence-electron chi connectivity index (χ3n) is 3.71. The molecule has 2 aromatic rings. The Hall–Kier alpha value is -3.62. The van der Waals surface area contributed by atoms with Gasteiger partial charge in [0.05, 0.1) is 34.1 Å². The van der Waals surface area contributed by atoms with Gasteiger partial charge in [-0.25, -0.2) is 0 Å². The minimum absolute atomic E-state index is 0.207. The molecule has 2 aromatic carbocycles. The average Bonchev–Trinajstić information content (AvgIpc) is 2.70. The van der Waals surface area contributed by atoms with Gasteiger partial charge < -0.3 is 24.7 Å². The molecule has 9 heteroatoms. The van der Waals surface area contributed by atoms with Crippen LogP contribution in [0.3, 0.4) is 0 Å². The van der Waals surface area contributed by atoms with E-state index in [0.717, 1.165) is 0 Å². The van der Waals surface area contributed by atoms with Gasteiger partial charge in [-0.15, -0.1) is 0 Å². The zero-order valence-electron chi connectivity index (χ0n) is 15.4. The molecule has 0 unspecified atom stereocenters. The molecule has 0 atom stereocenters. The van der Waals surface area contributed by atoms with Crippen molar-refractivity contribution >= 4 is 17.5 Å². The number of amides is 2. The Labute approximate surface area is 156 Å². The fraction of sp³-hybridized carbons (Fsp3) is 0.222. The maximum atomic E-state index is 12.4. The first-order valence-electron chi connectivity index (χ1n) is 7.79. The van der Waals surface area contributed by atoms with E-state index >= 15 is 0 Å². The fourth-order valence-corrected chi connectivity index (χ4v) is 2.35. The first-order valence-corrected chi connectivity index (χ1v) is 7.79. The Bertz CT molecular complexity index is 828. The zero-order valence-corrected chi connectivity index (χ0v) is 15.4. The first-order chi connectivity index (χ1) is 12.9. The predicted molar refractivity (Wildman–Crippen MR) is 98.4 cm³/mol. The number of hydrogen-bond donors (Lipinski definition) is 3. The van der Waals surface area contributed by atoms with Gasteiger partial charge in [-0.05, 0) is 30.3 Å². The summed E-state index contributed by atoms with van der Waals surface area (Å²) in [6.07, 6.45) is 0. The second kappa shape index (κ2) is 8.65. The van der Waals surface area contributed by atoms with Gasteiger partial charge in [0.25, 0.3) is 11.8 Å². The van der Waals surface area contributed by atoms with Crippen molar-refractivity contribution in [2.75, 3.05) is 34.2 Å². The number of benzene rings is 2. The summed E-state index contributed by atoms with van der Waals surface area (Å²) in [7, 11) is 5.81. The highest BCUT2D eigenvalue weighted by Crippen LogP contribution is 2.38. The molecule has 0 fully saturated rings. The molecule has 0 bridgehead atoms. The standard InChI is InChI=1S/C18H21N3O6/c1-24-13-6-5-10(7-12(13)19)17(22)20-21-18(23)11-8-14(25-2)16(27-4)15(9-11)26-3/h5-9H,19H2,1-4H3,(H,20,22)(H,21,23). The molecular weight excluding hydrogens is 354 g/mol. The molecule has 0 aliphatic carbocycles. The fourth-order valence-electron chi connectivity index (χ4n) is 2.35. The van der Waals surface area contributed by atoms with Gasteiger partial charge in [0.15, 0.2) is 11.5 Å². The molecule has 144 valence electrons. The number of nitrogen functional groups attached to an aromatic ring is 1. The third-order valence-corrected chi connectivity index (χ3v) is 3.71. The quantitative estimate of drug-likeness (QED) is 0.515. The number of anilines is 1. The number of nitrogens with two attached hydrogens (primary N) is 1. The van der Waals surface area contributed by atoms with Crippen LogP contribution in [0, 0.1) is 0 Å². The van der Waals surface area contributed by atoms with Crippen molar-refractivity contribution < 1.29 is 28.5 Å². The number of carbonyl (C=O) groups is 2. The topological polar surface area (TPSA) is 121 Å². The summed E-state index contributed by atoms with van der Waals surface area (Å²) in [6, 6.07) is 7.46. The van der Waals surface area contributed by atoms with Crippen LogP contribution in [0.25, 0.3) is 0 Å². The van der Waals surface area contributed by atoms with Gasteiger partial charge in [0.2, 0.25) is 5.75 Å². The zero-order chi connectivity index (χ0) is 20.0. The molecule has 0 aromatic heterocycles. The van der Waals surface area contributed by atoms with Crippen molar-refractivity contribution in [3.05, 3.63) is 41.5 Å². The Kier molecular flexibility index (Phi) is 6.32. The van der Waals surface area contributed by atoms with Crippen molar-refractivity contribution in [1.82, 2.24) is 10.9 Å². The SMILES string of the molecule is COc1ccc(C(=O)NNC(=O)c2cc(OC)c(OC)c(OC)c2)cc1N. The number of hydrogen-bond acceptors (Lipinski definition) is 7. The lowest BCUT2D eigenvalue weighted by atomic mass is 10.1. The Morgan fingerprint density at radius 1 is 0.741 bits per heavy atom. The summed E-state index contributed by atoms with van der Waals surface area (Å²) in [4.78, 5) is 24.5. The number of nitrogens with one attached hydrogen (secondary N) is 2. The predicted octanol–water partition coefficient (Wildman–Crippen LogP) is 1.38. The van der Waals surface area contributed by atoms with Crippen molar-refractivity contribution in [3.63, 3.8) is 0 Å². The average molecular weight is 375 g/mol. The van der Waals surface area contributed by atoms with E-state index in [4.69, 9.17) is 24.7 Å². The van der Waals surface area contributed by atoms with Crippen LogP contribution < -0.4 is 35.5 Å². The lowest BCUT2D eigenvalue weighted by molar-refractivity contribution is 0.0846. The van der Waals surface area contributed by atoms with Gasteiger partial charge >= 0.3 is 0 Å². The van der Waals surface area contributed by atoms with Crippen molar-refractivity contribution in [1.29, 1.82) is 0 Å². The van der Waals surface area contributed by atoms with Crippen LogP contribution in [0.4, 0.5) is 5.69 Å². The van der Waals surface area contributed by atoms with Crippen LogP contribution in [0.1, 0.15) is 20.7 Å². The van der Waals surface area contributed by atoms with E-state index in [9.17, 15) is 9.59 Å². The van der Waals surface area contributed by atoms with Gasteiger partial charge in [-0.1, -0.05) is 0 Å². The molecule has 9 nitrogen and oxygen atoms in total. The molecule has 0 radical (unpaired) electrons. The van der Waals surface area contributed by atoms with Crippen LogP contribution in [0.5, 0.6) is 23.0 Å². The van der Waals surface area contributed by atoms with Gasteiger partial charge in [-0.2, -0.15) is 0 Å². The highest BCUT2D eigenvalue weighted by molar-refractivity contribution is 6.00. The molecule has 2 amide bonds. The summed E-state index contributed by atoms with van der Waals surface area (Å²) in [6.45, 7) is 0. The molecule has 0 spiro atoms. The lowest BCUT2D eigenvalue weighted by Crippen LogP contribution is -2.41. The Balaban J connectivity index is 2.13. The maximum Gasteiger partial charge on any atom is 0.269 e. The number of hydrazine groups is 1. The number of ether oxygens (including phenoxy) is 4. The van der Waals surface area contributed by atoms with Crippen LogP contribution in [0.15, 0.2) is 30.3 Å². The lowest BCUT2D eigenvalue weighted by Gasteiger charge is -2.14. The highest BCUT2D eigenvalue weighted by Gasteiger charge is 2.17. The van der Waals surface area contributed by atoms with Crippen LogP contribution in [-0.2, 0) is 0 Å². The second-order valence-corrected chi connectivity index (χ2v) is 5.28. The number of rotatable bonds is 6. The minimum atomic E-state index is -0.566. The molecule has 0 heterocycles. The first kappa shape index (κ1) is 19.7. The molecule has 0 aliphatic rings. The highest BCUT2D eigenvalue weighted by atomic mass is 16.5. The van der Waals surface area contributed by atoms with Gasteiger partial charge in [0.1, 0.15) is 5.75 Å². The number of carbonyl (C=O) groups excluding carboxylic acids is 2. The molecule has 4 N–H and O–H groups in total. The van der Waals surface area contributed by atoms with Crippen LogP contribution >= 0.6 is 0 Å². The third kappa shape index (κ3) is 4.32. The summed E-state index contributed by atoms with van der Waals surface area (Å²) in [5.74, 6) is 0.337. The van der Waals surface area contributed by atoms with Gasteiger partial charge in [-0.3, -0.25) is 20.4 Å². The van der Waals surface area contributed by atoms with Crippen LogP contribution in [-0.4, -0.2) is 40.3 Å². The molecule has 0 saturated carbocycles. The van der Waals surface area contributed by atoms with E-state index < -0.39 is 11.8 Å². The Morgan fingerprint density at radius 3 is 1.70 bits per heavy atom. The van der Waals surface area contributed by atoms with E-state index in [1.807, 2.05) is 0 Å². The molecule has 2 rings (SSSR count). The largest absolute Gasteiger partial charge is 0.495 e. The monoisotopic (exact) mass is 375 g/mol. The van der Waals surface area contributed by atoms with Crippen molar-refractivity contribution in [3.8, 4) is 23.0 Å². The molecular formula is C18H21N3O6. The molecule has 0 saturated heterocycles. The summed E-state index contributed by atoms with van der Waals surface area (Å²) >= 11 is 0. The van der Waals surface area contributed by atoms with Crippen molar-refractivity contribution in [2.24, 2.45) is 0 Å². The maximum absolute atomic E-state index is 12.4.